The van der Waals surface area contributed by atoms with Crippen molar-refractivity contribution in [2.45, 2.75) is 31.6 Å². The molecule has 3 atom stereocenters. The molecule has 0 aliphatic carbocycles. The summed E-state index contributed by atoms with van der Waals surface area (Å²) in [6.07, 6.45) is -1.85. The Balaban J connectivity index is 3.82. The van der Waals surface area contributed by atoms with Crippen molar-refractivity contribution >= 4 is 5.91 Å². The summed E-state index contributed by atoms with van der Waals surface area (Å²) in [4.78, 5) is 10.3. The van der Waals surface area contributed by atoms with Crippen LogP contribution in [0.2, 0.25) is 0 Å². The molecule has 0 aromatic carbocycles. The molecule has 6 N–H and O–H groups in total. The van der Waals surface area contributed by atoms with Gasteiger partial charge in [-0.2, -0.15) is 0 Å². The first-order chi connectivity index (χ1) is 4.95. The SMILES string of the molecule is CC(O)CC(N)C(O)C(N)=O. The van der Waals surface area contributed by atoms with Crippen LogP contribution in [0.3, 0.4) is 0 Å². The molecule has 0 saturated heterocycles. The molecule has 0 bridgehead atoms. The highest BCUT2D eigenvalue weighted by Crippen LogP contribution is 1.99. The molecule has 1 amide bonds. The lowest BCUT2D eigenvalue weighted by molar-refractivity contribution is -0.127. The van der Waals surface area contributed by atoms with Crippen molar-refractivity contribution in [2.75, 3.05) is 0 Å². The maximum Gasteiger partial charge on any atom is 0.247 e. The Labute approximate surface area is 65.0 Å². The van der Waals surface area contributed by atoms with Gasteiger partial charge in [0.25, 0.3) is 0 Å². The minimum atomic E-state index is -1.37. The summed E-state index contributed by atoms with van der Waals surface area (Å²) in [7, 11) is 0. The van der Waals surface area contributed by atoms with Gasteiger partial charge in [0.05, 0.1) is 6.10 Å². The number of amides is 1. The predicted octanol–water partition coefficient (Wildman–Crippen LogP) is -2.07. The number of hydrogen-bond acceptors (Lipinski definition) is 4. The maximum absolute atomic E-state index is 10.3. The molecule has 5 nitrogen and oxygen atoms in total. The zero-order valence-corrected chi connectivity index (χ0v) is 6.40. The minimum Gasteiger partial charge on any atom is -0.393 e. The molecule has 0 aromatic rings. The predicted molar refractivity (Wildman–Crippen MR) is 39.5 cm³/mol. The standard InChI is InChI=1S/C6H14N2O3/c1-3(9)2-4(7)5(10)6(8)11/h3-5,9-10H,2,7H2,1H3,(H2,8,11). The highest BCUT2D eigenvalue weighted by Gasteiger charge is 2.21. The molecular formula is C6H14N2O3. The van der Waals surface area contributed by atoms with Crippen LogP contribution >= 0.6 is 0 Å². The van der Waals surface area contributed by atoms with Crippen LogP contribution in [0.4, 0.5) is 0 Å². The van der Waals surface area contributed by atoms with E-state index in [1.165, 1.54) is 6.92 Å². The van der Waals surface area contributed by atoms with Crippen molar-refractivity contribution < 1.29 is 15.0 Å². The van der Waals surface area contributed by atoms with Crippen molar-refractivity contribution in [3.63, 3.8) is 0 Å². The van der Waals surface area contributed by atoms with Gasteiger partial charge in [-0.1, -0.05) is 0 Å². The first kappa shape index (κ1) is 10.3. The Morgan fingerprint density at radius 3 is 2.27 bits per heavy atom. The average Bonchev–Trinajstić information content (AvgIpc) is 1.84. The van der Waals surface area contributed by atoms with Crippen molar-refractivity contribution in [2.24, 2.45) is 11.5 Å². The van der Waals surface area contributed by atoms with Gasteiger partial charge in [-0.3, -0.25) is 4.79 Å². The van der Waals surface area contributed by atoms with E-state index in [1.807, 2.05) is 0 Å². The Bertz CT molecular complexity index is 138. The third-order valence-corrected chi connectivity index (χ3v) is 1.31. The van der Waals surface area contributed by atoms with Gasteiger partial charge in [-0.15, -0.1) is 0 Å². The Kier molecular flexibility index (Phi) is 4.02. The molecule has 66 valence electrons. The molecule has 0 aromatic heterocycles. The van der Waals surface area contributed by atoms with Crippen LogP contribution < -0.4 is 11.5 Å². The number of nitrogens with two attached hydrogens (primary N) is 2. The summed E-state index contributed by atoms with van der Waals surface area (Å²) in [5, 5.41) is 17.7. The van der Waals surface area contributed by atoms with E-state index in [2.05, 4.69) is 0 Å². The van der Waals surface area contributed by atoms with E-state index in [9.17, 15) is 4.79 Å². The second-order valence-corrected chi connectivity index (χ2v) is 2.60. The van der Waals surface area contributed by atoms with E-state index >= 15 is 0 Å². The molecule has 0 saturated carbocycles. The number of primary amides is 1. The number of carbonyl (C=O) groups is 1. The topological polar surface area (TPSA) is 110 Å². The molecule has 5 heteroatoms. The summed E-state index contributed by atoms with van der Waals surface area (Å²) in [6, 6.07) is -0.785. The van der Waals surface area contributed by atoms with Crippen LogP contribution in [0, 0.1) is 0 Å². The number of rotatable bonds is 4. The molecule has 0 heterocycles. The third-order valence-electron chi connectivity index (χ3n) is 1.31. The Morgan fingerprint density at radius 1 is 1.55 bits per heavy atom. The number of aliphatic hydroxyl groups excluding tert-OH is 2. The molecule has 0 radical (unpaired) electrons. The molecule has 11 heavy (non-hydrogen) atoms. The van der Waals surface area contributed by atoms with E-state index in [0.29, 0.717) is 0 Å². The fourth-order valence-corrected chi connectivity index (χ4v) is 0.734. The van der Waals surface area contributed by atoms with Crippen LogP contribution in [0.1, 0.15) is 13.3 Å². The molecule has 0 fully saturated rings. The van der Waals surface area contributed by atoms with E-state index < -0.39 is 24.2 Å². The largest absolute Gasteiger partial charge is 0.393 e. The first-order valence-corrected chi connectivity index (χ1v) is 3.36. The van der Waals surface area contributed by atoms with Crippen molar-refractivity contribution in [3.8, 4) is 0 Å². The van der Waals surface area contributed by atoms with Gasteiger partial charge in [-0.25, -0.2) is 0 Å². The Hall–Kier alpha value is -0.650. The number of carbonyl (C=O) groups excluding carboxylic acids is 1. The van der Waals surface area contributed by atoms with E-state index in [-0.39, 0.29) is 6.42 Å². The van der Waals surface area contributed by atoms with Gasteiger partial charge in [-0.05, 0) is 13.3 Å². The highest BCUT2D eigenvalue weighted by molar-refractivity contribution is 5.79. The number of hydrogen-bond donors (Lipinski definition) is 4. The third kappa shape index (κ3) is 3.92. The molecule has 0 aliphatic rings. The van der Waals surface area contributed by atoms with Crippen LogP contribution in [0.15, 0.2) is 0 Å². The van der Waals surface area contributed by atoms with Gasteiger partial charge in [0.15, 0.2) is 0 Å². The van der Waals surface area contributed by atoms with Crippen molar-refractivity contribution in [3.05, 3.63) is 0 Å². The van der Waals surface area contributed by atoms with Gasteiger partial charge < -0.3 is 21.7 Å². The minimum absolute atomic E-state index is 0.157. The molecule has 0 aliphatic heterocycles. The van der Waals surface area contributed by atoms with Gasteiger partial charge in [0, 0.05) is 6.04 Å². The lowest BCUT2D eigenvalue weighted by atomic mass is 10.1. The maximum atomic E-state index is 10.3. The molecule has 0 spiro atoms. The van der Waals surface area contributed by atoms with Crippen molar-refractivity contribution in [1.29, 1.82) is 0 Å². The fraction of sp³-hybridized carbons (Fsp3) is 0.833. The molecular weight excluding hydrogens is 148 g/mol. The average molecular weight is 162 g/mol. The summed E-state index contributed by atoms with van der Waals surface area (Å²) in [6.45, 7) is 1.52. The lowest BCUT2D eigenvalue weighted by Gasteiger charge is -2.16. The van der Waals surface area contributed by atoms with Crippen LogP contribution in [0.5, 0.6) is 0 Å². The van der Waals surface area contributed by atoms with Gasteiger partial charge in [0.2, 0.25) is 5.91 Å². The second kappa shape index (κ2) is 4.27. The smallest absolute Gasteiger partial charge is 0.247 e. The van der Waals surface area contributed by atoms with Gasteiger partial charge >= 0.3 is 0 Å². The van der Waals surface area contributed by atoms with Crippen LogP contribution in [0.25, 0.3) is 0 Å². The summed E-state index contributed by atoms with van der Waals surface area (Å²) < 4.78 is 0. The quantitative estimate of drug-likeness (QED) is 0.380. The fourth-order valence-electron chi connectivity index (χ4n) is 0.734. The first-order valence-electron chi connectivity index (χ1n) is 3.36. The van der Waals surface area contributed by atoms with Gasteiger partial charge in [0.1, 0.15) is 6.10 Å². The summed E-state index contributed by atoms with van der Waals surface area (Å²) in [5.74, 6) is -0.863. The highest BCUT2D eigenvalue weighted by atomic mass is 16.3. The van der Waals surface area contributed by atoms with E-state index in [0.717, 1.165) is 0 Å². The van der Waals surface area contributed by atoms with E-state index in [1.54, 1.807) is 0 Å². The zero-order valence-electron chi connectivity index (χ0n) is 6.40. The molecule has 0 rings (SSSR count). The lowest BCUT2D eigenvalue weighted by Crippen LogP contribution is -2.45. The second-order valence-electron chi connectivity index (χ2n) is 2.60. The zero-order chi connectivity index (χ0) is 9.02. The van der Waals surface area contributed by atoms with Crippen LogP contribution in [-0.4, -0.2) is 34.4 Å². The number of aliphatic hydroxyl groups is 2. The molecule has 3 unspecified atom stereocenters. The van der Waals surface area contributed by atoms with Crippen LogP contribution in [-0.2, 0) is 4.79 Å². The summed E-state index contributed by atoms with van der Waals surface area (Å²) in [5.41, 5.74) is 10.1. The van der Waals surface area contributed by atoms with E-state index in [4.69, 9.17) is 21.7 Å². The Morgan fingerprint density at radius 2 is 2.00 bits per heavy atom. The summed E-state index contributed by atoms with van der Waals surface area (Å²) >= 11 is 0. The monoisotopic (exact) mass is 162 g/mol. The van der Waals surface area contributed by atoms with Crippen molar-refractivity contribution in [1.82, 2.24) is 0 Å². The normalized spacial score (nSPS) is 18.9.